The molecule has 4 atom stereocenters. The molecule has 1 aromatic carbocycles. The van der Waals surface area contributed by atoms with Crippen molar-refractivity contribution in [3.05, 3.63) is 29.8 Å². The van der Waals surface area contributed by atoms with Crippen LogP contribution in [-0.2, 0) is 0 Å². The maximum absolute atomic E-state index is 13.9. The Morgan fingerprint density at radius 1 is 1.19 bits per heavy atom. The molecule has 0 bridgehead atoms. The summed E-state index contributed by atoms with van der Waals surface area (Å²) in [5.74, 6) is -1.35. The van der Waals surface area contributed by atoms with Crippen molar-refractivity contribution in [1.82, 2.24) is 0 Å². The average Bonchev–Trinajstić information content (AvgIpc) is 2.46. The van der Waals surface area contributed by atoms with Crippen molar-refractivity contribution >= 4 is 23.1 Å². The number of rotatable bonds is 3. The lowest BCUT2D eigenvalue weighted by molar-refractivity contribution is -0.00569. The van der Waals surface area contributed by atoms with Crippen molar-refractivity contribution in [2.75, 3.05) is 5.88 Å². The predicted molar refractivity (Wildman–Crippen MR) is 75.4 cm³/mol. The summed E-state index contributed by atoms with van der Waals surface area (Å²) >= 11 is 5.50. The minimum atomic E-state index is -2.09. The van der Waals surface area contributed by atoms with E-state index in [1.54, 1.807) is 6.07 Å². The summed E-state index contributed by atoms with van der Waals surface area (Å²) in [5, 5.41) is 0. The molecule has 0 aromatic heterocycles. The Bertz CT molecular complexity index is 511. The highest BCUT2D eigenvalue weighted by atomic mass is 35.5. The van der Waals surface area contributed by atoms with E-state index in [1.807, 2.05) is 0 Å². The standard InChI is InChI=1S/C14H15ClF4N2/c15-6-11(20)21-8-3-1-2-7(4-8)12-13(18)9(16)5-10(17)14(12)19/h1-4,9-10,12-14H,5-6H2,(H2,20,21). The number of hydrogen-bond donors (Lipinski definition) is 1. The highest BCUT2D eigenvalue weighted by Gasteiger charge is 2.47. The van der Waals surface area contributed by atoms with Crippen LogP contribution < -0.4 is 5.73 Å². The fourth-order valence-electron chi connectivity index (χ4n) is 2.47. The number of benzene rings is 1. The minimum Gasteiger partial charge on any atom is -0.386 e. The molecule has 2 N–H and O–H groups in total. The fraction of sp³-hybridized carbons (Fsp3) is 0.500. The van der Waals surface area contributed by atoms with Gasteiger partial charge in [0.05, 0.1) is 17.5 Å². The lowest BCUT2D eigenvalue weighted by Crippen LogP contribution is -2.43. The fourth-order valence-corrected chi connectivity index (χ4v) is 2.53. The molecule has 1 saturated carbocycles. The van der Waals surface area contributed by atoms with Crippen LogP contribution in [0.25, 0.3) is 0 Å². The third-order valence-corrected chi connectivity index (χ3v) is 3.77. The lowest BCUT2D eigenvalue weighted by Gasteiger charge is -2.34. The number of hydrogen-bond acceptors (Lipinski definition) is 1. The van der Waals surface area contributed by atoms with E-state index in [0.29, 0.717) is 5.69 Å². The van der Waals surface area contributed by atoms with E-state index in [4.69, 9.17) is 17.3 Å². The number of halogens is 5. The van der Waals surface area contributed by atoms with Crippen LogP contribution in [0.1, 0.15) is 17.9 Å². The SMILES string of the molecule is NC(CCl)=Nc1cccc(C2C(F)C(F)CC(F)C2F)c1. The smallest absolute Gasteiger partial charge is 0.141 e. The van der Waals surface area contributed by atoms with Crippen LogP contribution in [0, 0.1) is 0 Å². The van der Waals surface area contributed by atoms with Crippen molar-refractivity contribution in [2.24, 2.45) is 10.7 Å². The first-order valence-corrected chi connectivity index (χ1v) is 7.02. The van der Waals surface area contributed by atoms with Crippen LogP contribution in [0.15, 0.2) is 29.3 Å². The molecule has 0 amide bonds. The molecule has 1 aliphatic rings. The topological polar surface area (TPSA) is 38.4 Å². The first-order chi connectivity index (χ1) is 9.93. The molecule has 2 nitrogen and oxygen atoms in total. The van der Waals surface area contributed by atoms with Gasteiger partial charge in [-0.3, -0.25) is 0 Å². The summed E-state index contributed by atoms with van der Waals surface area (Å²) in [7, 11) is 0. The van der Waals surface area contributed by atoms with E-state index in [0.717, 1.165) is 0 Å². The second-order valence-corrected chi connectivity index (χ2v) is 5.28. The number of alkyl halides is 5. The second-order valence-electron chi connectivity index (χ2n) is 5.01. The number of amidine groups is 1. The van der Waals surface area contributed by atoms with Gasteiger partial charge in [0.1, 0.15) is 30.5 Å². The zero-order valence-corrected chi connectivity index (χ0v) is 11.8. The van der Waals surface area contributed by atoms with Crippen LogP contribution in [0.3, 0.4) is 0 Å². The van der Waals surface area contributed by atoms with Crippen LogP contribution >= 0.6 is 11.6 Å². The zero-order chi connectivity index (χ0) is 15.6. The van der Waals surface area contributed by atoms with Gasteiger partial charge in [-0.05, 0) is 17.7 Å². The van der Waals surface area contributed by atoms with Crippen molar-refractivity contribution in [3.63, 3.8) is 0 Å². The molecule has 2 rings (SSSR count). The maximum atomic E-state index is 13.9. The second kappa shape index (κ2) is 6.64. The monoisotopic (exact) mass is 322 g/mol. The van der Waals surface area contributed by atoms with Crippen LogP contribution in [0.5, 0.6) is 0 Å². The quantitative estimate of drug-likeness (QED) is 0.391. The minimum absolute atomic E-state index is 0.00420. The highest BCUT2D eigenvalue weighted by molar-refractivity contribution is 6.28. The Labute approximate surface area is 125 Å². The van der Waals surface area contributed by atoms with E-state index in [2.05, 4.69) is 4.99 Å². The Kier molecular flexibility index (Phi) is 5.08. The number of aliphatic imine (C=N–C) groups is 1. The molecule has 0 heterocycles. The van der Waals surface area contributed by atoms with Crippen LogP contribution in [-0.4, -0.2) is 36.4 Å². The van der Waals surface area contributed by atoms with E-state index in [-0.39, 0.29) is 17.3 Å². The third kappa shape index (κ3) is 3.48. The molecule has 0 saturated heterocycles. The average molecular weight is 323 g/mol. The summed E-state index contributed by atoms with van der Waals surface area (Å²) in [6, 6.07) is 5.86. The molecular weight excluding hydrogens is 308 g/mol. The van der Waals surface area contributed by atoms with Crippen LogP contribution in [0.2, 0.25) is 0 Å². The molecule has 7 heteroatoms. The molecule has 1 aliphatic carbocycles. The van der Waals surface area contributed by atoms with Gasteiger partial charge < -0.3 is 5.73 Å². The van der Waals surface area contributed by atoms with Crippen molar-refractivity contribution < 1.29 is 17.6 Å². The van der Waals surface area contributed by atoms with Gasteiger partial charge in [-0.15, -0.1) is 11.6 Å². The van der Waals surface area contributed by atoms with E-state index >= 15 is 0 Å². The molecule has 1 aromatic rings. The van der Waals surface area contributed by atoms with E-state index in [1.165, 1.54) is 18.2 Å². The first-order valence-electron chi connectivity index (χ1n) is 6.49. The molecule has 116 valence electrons. The Hall–Kier alpha value is -1.30. The van der Waals surface area contributed by atoms with Gasteiger partial charge in [-0.2, -0.15) is 0 Å². The summed E-state index contributed by atoms with van der Waals surface area (Å²) in [5.41, 5.74) is 5.97. The zero-order valence-electron chi connectivity index (χ0n) is 11.0. The third-order valence-electron chi connectivity index (χ3n) is 3.49. The highest BCUT2D eigenvalue weighted by Crippen LogP contribution is 2.41. The summed E-state index contributed by atoms with van der Waals surface area (Å²) < 4.78 is 54.8. The van der Waals surface area contributed by atoms with Crippen LogP contribution in [0.4, 0.5) is 23.2 Å². The molecule has 0 aliphatic heterocycles. The van der Waals surface area contributed by atoms with Gasteiger partial charge in [0.15, 0.2) is 0 Å². The van der Waals surface area contributed by atoms with Gasteiger partial charge in [-0.25, -0.2) is 22.6 Å². The van der Waals surface area contributed by atoms with Gasteiger partial charge in [0.25, 0.3) is 0 Å². The molecule has 4 unspecified atom stereocenters. The van der Waals surface area contributed by atoms with Gasteiger partial charge >= 0.3 is 0 Å². The summed E-state index contributed by atoms with van der Waals surface area (Å²) in [4.78, 5) is 3.95. The Morgan fingerprint density at radius 2 is 1.81 bits per heavy atom. The van der Waals surface area contributed by atoms with Gasteiger partial charge in [-0.1, -0.05) is 12.1 Å². The summed E-state index contributed by atoms with van der Waals surface area (Å²) in [6.45, 7) is 0. The van der Waals surface area contributed by atoms with Crippen molar-refractivity contribution in [3.8, 4) is 0 Å². The molecule has 21 heavy (non-hydrogen) atoms. The van der Waals surface area contributed by atoms with Crippen molar-refractivity contribution in [1.29, 1.82) is 0 Å². The molecular formula is C14H15ClF4N2. The molecule has 0 spiro atoms. The van der Waals surface area contributed by atoms with E-state index < -0.39 is 37.0 Å². The summed E-state index contributed by atoms with van der Waals surface area (Å²) in [6.07, 6.45) is -8.96. The Morgan fingerprint density at radius 3 is 2.38 bits per heavy atom. The lowest BCUT2D eigenvalue weighted by atomic mass is 9.79. The number of nitrogens with zero attached hydrogens (tertiary/aromatic N) is 1. The first kappa shape index (κ1) is 16.1. The Balaban J connectivity index is 2.33. The number of nitrogens with two attached hydrogens (primary N) is 1. The van der Waals surface area contributed by atoms with Gasteiger partial charge in [0.2, 0.25) is 0 Å². The molecule has 1 fully saturated rings. The van der Waals surface area contributed by atoms with Crippen molar-refractivity contribution in [2.45, 2.75) is 37.0 Å². The van der Waals surface area contributed by atoms with E-state index in [9.17, 15) is 17.6 Å². The molecule has 0 radical (unpaired) electrons. The maximum Gasteiger partial charge on any atom is 0.141 e. The van der Waals surface area contributed by atoms with Gasteiger partial charge in [0, 0.05) is 6.42 Å². The largest absolute Gasteiger partial charge is 0.386 e. The predicted octanol–water partition coefficient (Wildman–Crippen LogP) is 3.75. The normalized spacial score (nSPS) is 34.0.